The van der Waals surface area contributed by atoms with E-state index in [1.165, 1.54) is 24.9 Å². The highest BCUT2D eigenvalue weighted by atomic mass is 16.1. The number of hydrogen-bond acceptors (Lipinski definition) is 3. The summed E-state index contributed by atoms with van der Waals surface area (Å²) in [5, 5.41) is 2.96. The van der Waals surface area contributed by atoms with Crippen LogP contribution in [0.15, 0.2) is 24.3 Å². The van der Waals surface area contributed by atoms with Crippen LogP contribution in [0, 0.1) is 0 Å². The molecular formula is C17H25N3O. The number of carbonyl (C=O) groups is 1. The maximum atomic E-state index is 12.0. The second kappa shape index (κ2) is 6.06. The predicted molar refractivity (Wildman–Crippen MR) is 86.5 cm³/mol. The molecule has 0 aromatic heterocycles. The van der Waals surface area contributed by atoms with E-state index in [0.29, 0.717) is 6.42 Å². The quantitative estimate of drug-likeness (QED) is 0.895. The van der Waals surface area contributed by atoms with E-state index in [1.807, 2.05) is 12.1 Å². The van der Waals surface area contributed by atoms with Gasteiger partial charge in [-0.25, -0.2) is 0 Å². The summed E-state index contributed by atoms with van der Waals surface area (Å²) in [4.78, 5) is 14.4. The van der Waals surface area contributed by atoms with Crippen LogP contribution in [-0.4, -0.2) is 24.5 Å². The molecule has 2 aliphatic rings. The van der Waals surface area contributed by atoms with Crippen LogP contribution < -0.4 is 16.0 Å². The van der Waals surface area contributed by atoms with Gasteiger partial charge in [0.25, 0.3) is 0 Å². The van der Waals surface area contributed by atoms with Crippen molar-refractivity contribution in [3.8, 4) is 0 Å². The molecule has 1 saturated heterocycles. The Morgan fingerprint density at radius 3 is 2.33 bits per heavy atom. The Bertz CT molecular complexity index is 487. The third-order valence-electron chi connectivity index (χ3n) is 4.73. The lowest BCUT2D eigenvalue weighted by Crippen LogP contribution is -2.48. The average molecular weight is 287 g/mol. The van der Waals surface area contributed by atoms with E-state index in [9.17, 15) is 4.79 Å². The SMILES string of the molecule is NC1(CC(=O)Nc2ccc(N3CCCCC3)cc2)CCC1. The van der Waals surface area contributed by atoms with Gasteiger partial charge in [-0.15, -0.1) is 0 Å². The molecule has 3 N–H and O–H groups in total. The largest absolute Gasteiger partial charge is 0.372 e. The lowest BCUT2D eigenvalue weighted by molar-refractivity contribution is -0.118. The van der Waals surface area contributed by atoms with E-state index in [1.54, 1.807) is 0 Å². The van der Waals surface area contributed by atoms with Crippen molar-refractivity contribution in [2.75, 3.05) is 23.3 Å². The standard InChI is InChI=1S/C17H25N3O/c18-17(9-4-10-17)13-16(21)19-14-5-7-15(8-6-14)20-11-2-1-3-12-20/h5-8H,1-4,9-13,18H2,(H,19,21). The van der Waals surface area contributed by atoms with Gasteiger partial charge in [-0.2, -0.15) is 0 Å². The number of hydrogen-bond donors (Lipinski definition) is 2. The van der Waals surface area contributed by atoms with Crippen molar-refractivity contribution >= 4 is 17.3 Å². The number of nitrogens with zero attached hydrogens (tertiary/aromatic N) is 1. The van der Waals surface area contributed by atoms with Gasteiger partial charge in [-0.1, -0.05) is 0 Å². The summed E-state index contributed by atoms with van der Waals surface area (Å²) in [6.07, 6.45) is 7.40. The number of nitrogens with one attached hydrogen (secondary N) is 1. The molecule has 4 nitrogen and oxygen atoms in total. The Hall–Kier alpha value is -1.55. The highest BCUT2D eigenvalue weighted by Crippen LogP contribution is 2.32. The van der Waals surface area contributed by atoms with Crippen LogP contribution in [0.1, 0.15) is 44.9 Å². The summed E-state index contributed by atoms with van der Waals surface area (Å²) in [6, 6.07) is 8.18. The molecule has 0 radical (unpaired) electrons. The second-order valence-corrected chi connectivity index (χ2v) is 6.54. The fourth-order valence-electron chi connectivity index (χ4n) is 3.24. The van der Waals surface area contributed by atoms with Gasteiger partial charge in [0.2, 0.25) is 5.91 Å². The van der Waals surface area contributed by atoms with Crippen LogP contribution in [0.4, 0.5) is 11.4 Å². The number of anilines is 2. The third-order valence-corrected chi connectivity index (χ3v) is 4.73. The van der Waals surface area contributed by atoms with Gasteiger partial charge in [-0.3, -0.25) is 4.79 Å². The normalized spacial score (nSPS) is 20.7. The Morgan fingerprint density at radius 2 is 1.76 bits per heavy atom. The van der Waals surface area contributed by atoms with Crippen molar-refractivity contribution in [1.82, 2.24) is 0 Å². The van der Waals surface area contributed by atoms with E-state index in [4.69, 9.17) is 5.73 Å². The molecule has 2 fully saturated rings. The van der Waals surface area contributed by atoms with Crippen molar-refractivity contribution in [2.45, 2.75) is 50.5 Å². The van der Waals surface area contributed by atoms with Crippen LogP contribution in [0.25, 0.3) is 0 Å². The first-order valence-electron chi connectivity index (χ1n) is 8.08. The highest BCUT2D eigenvalue weighted by molar-refractivity contribution is 5.91. The van der Waals surface area contributed by atoms with Gasteiger partial charge >= 0.3 is 0 Å². The summed E-state index contributed by atoms with van der Waals surface area (Å²) in [7, 11) is 0. The van der Waals surface area contributed by atoms with Crippen LogP contribution >= 0.6 is 0 Å². The van der Waals surface area contributed by atoms with Crippen LogP contribution in [-0.2, 0) is 4.79 Å². The van der Waals surface area contributed by atoms with E-state index < -0.39 is 0 Å². The molecule has 0 unspecified atom stereocenters. The highest BCUT2D eigenvalue weighted by Gasteiger charge is 2.34. The number of amides is 1. The summed E-state index contributed by atoms with van der Waals surface area (Å²) < 4.78 is 0. The molecule has 0 atom stereocenters. The molecule has 0 bridgehead atoms. The minimum absolute atomic E-state index is 0.0305. The molecule has 3 rings (SSSR count). The zero-order valence-corrected chi connectivity index (χ0v) is 12.6. The van der Waals surface area contributed by atoms with E-state index in [0.717, 1.165) is 38.0 Å². The van der Waals surface area contributed by atoms with Crippen molar-refractivity contribution in [3.63, 3.8) is 0 Å². The van der Waals surface area contributed by atoms with Crippen LogP contribution in [0.5, 0.6) is 0 Å². The molecule has 1 aromatic rings. The smallest absolute Gasteiger partial charge is 0.226 e. The molecule has 1 amide bonds. The Balaban J connectivity index is 1.55. The van der Waals surface area contributed by atoms with Gasteiger partial charge < -0.3 is 16.0 Å². The lowest BCUT2D eigenvalue weighted by Gasteiger charge is -2.37. The molecular weight excluding hydrogens is 262 g/mol. The van der Waals surface area contributed by atoms with Gasteiger partial charge in [0, 0.05) is 36.4 Å². The monoisotopic (exact) mass is 287 g/mol. The molecule has 1 heterocycles. The number of piperidine rings is 1. The van der Waals surface area contributed by atoms with E-state index in [2.05, 4.69) is 22.3 Å². The lowest BCUT2D eigenvalue weighted by atomic mass is 9.75. The number of rotatable bonds is 4. The van der Waals surface area contributed by atoms with Crippen LogP contribution in [0.3, 0.4) is 0 Å². The van der Waals surface area contributed by atoms with Crippen LogP contribution in [0.2, 0.25) is 0 Å². The molecule has 1 aliphatic heterocycles. The maximum Gasteiger partial charge on any atom is 0.226 e. The minimum atomic E-state index is -0.252. The van der Waals surface area contributed by atoms with Gasteiger partial charge in [0.05, 0.1) is 0 Å². The fraction of sp³-hybridized carbons (Fsp3) is 0.588. The van der Waals surface area contributed by atoms with Gasteiger partial charge in [0.15, 0.2) is 0 Å². The number of benzene rings is 1. The summed E-state index contributed by atoms with van der Waals surface area (Å²) in [6.45, 7) is 2.28. The van der Waals surface area contributed by atoms with Crippen molar-refractivity contribution in [2.24, 2.45) is 5.73 Å². The maximum absolute atomic E-state index is 12.0. The molecule has 1 aromatic carbocycles. The van der Waals surface area contributed by atoms with Crippen molar-refractivity contribution in [1.29, 1.82) is 0 Å². The van der Waals surface area contributed by atoms with Crippen molar-refractivity contribution in [3.05, 3.63) is 24.3 Å². The first kappa shape index (κ1) is 14.4. The second-order valence-electron chi connectivity index (χ2n) is 6.54. The number of carbonyl (C=O) groups excluding carboxylic acids is 1. The van der Waals surface area contributed by atoms with Gasteiger partial charge in [-0.05, 0) is 62.8 Å². The minimum Gasteiger partial charge on any atom is -0.372 e. The molecule has 4 heteroatoms. The first-order chi connectivity index (χ1) is 10.1. The van der Waals surface area contributed by atoms with Crippen molar-refractivity contribution < 1.29 is 4.79 Å². The predicted octanol–water partition coefficient (Wildman–Crippen LogP) is 2.89. The average Bonchev–Trinajstić information content (AvgIpc) is 2.47. The van der Waals surface area contributed by atoms with Gasteiger partial charge in [0.1, 0.15) is 0 Å². The molecule has 1 saturated carbocycles. The molecule has 114 valence electrons. The van der Waals surface area contributed by atoms with E-state index in [-0.39, 0.29) is 11.4 Å². The Labute approximate surface area is 126 Å². The summed E-state index contributed by atoms with van der Waals surface area (Å²) >= 11 is 0. The zero-order valence-electron chi connectivity index (χ0n) is 12.6. The topological polar surface area (TPSA) is 58.4 Å². The summed E-state index contributed by atoms with van der Waals surface area (Å²) in [5.41, 5.74) is 7.98. The third kappa shape index (κ3) is 3.56. The fourth-order valence-corrected chi connectivity index (χ4v) is 3.24. The molecule has 1 aliphatic carbocycles. The summed E-state index contributed by atoms with van der Waals surface area (Å²) in [5.74, 6) is 0.0305. The molecule has 0 spiro atoms. The first-order valence-corrected chi connectivity index (χ1v) is 8.08. The Morgan fingerprint density at radius 1 is 1.10 bits per heavy atom. The molecule has 21 heavy (non-hydrogen) atoms. The number of nitrogens with two attached hydrogens (primary N) is 1. The zero-order chi connectivity index (χ0) is 14.7. The Kier molecular flexibility index (Phi) is 4.15. The van der Waals surface area contributed by atoms with E-state index >= 15 is 0 Å².